The molecule has 0 atom stereocenters. The first-order chi connectivity index (χ1) is 7.10. The lowest BCUT2D eigenvalue weighted by Gasteiger charge is -2.06. The molecule has 1 heterocycles. The van der Waals surface area contributed by atoms with Gasteiger partial charge in [-0.15, -0.1) is 6.58 Å². The minimum absolute atomic E-state index is 0.0426. The summed E-state index contributed by atoms with van der Waals surface area (Å²) in [4.78, 5) is 22.5. The average molecular weight is 209 g/mol. The van der Waals surface area contributed by atoms with Gasteiger partial charge in [0.25, 0.3) is 5.56 Å². The molecule has 0 spiro atoms. The third kappa shape index (κ3) is 2.25. The van der Waals surface area contributed by atoms with Crippen LogP contribution in [-0.4, -0.2) is 22.8 Å². The number of aromatic nitrogens is 1. The summed E-state index contributed by atoms with van der Waals surface area (Å²) in [5.41, 5.74) is -0.445. The smallest absolute Gasteiger partial charge is 0.343 e. The summed E-state index contributed by atoms with van der Waals surface area (Å²) < 4.78 is 5.70. The van der Waals surface area contributed by atoms with Crippen molar-refractivity contribution in [2.75, 3.05) is 7.11 Å². The van der Waals surface area contributed by atoms with Crippen molar-refractivity contribution in [1.29, 1.82) is 0 Å². The van der Waals surface area contributed by atoms with Gasteiger partial charge in [0.05, 0.1) is 7.11 Å². The second-order valence-corrected chi connectivity index (χ2v) is 2.84. The van der Waals surface area contributed by atoms with Crippen LogP contribution in [0.5, 0.6) is 5.75 Å². The van der Waals surface area contributed by atoms with Crippen LogP contribution in [-0.2, 0) is 11.3 Å². The lowest BCUT2D eigenvalue weighted by atomic mass is 10.2. The van der Waals surface area contributed by atoms with Crippen LogP contribution in [0.15, 0.2) is 29.7 Å². The van der Waals surface area contributed by atoms with E-state index in [4.69, 9.17) is 0 Å². The Labute approximate surface area is 86.2 Å². The molecule has 0 aliphatic rings. The molecule has 0 saturated carbocycles. The molecular formula is C10H11NO4. The first-order valence-electron chi connectivity index (χ1n) is 4.22. The fourth-order valence-electron chi connectivity index (χ4n) is 1.11. The summed E-state index contributed by atoms with van der Waals surface area (Å²) in [6, 6.07) is 0.968. The Morgan fingerprint density at radius 1 is 1.73 bits per heavy atom. The maximum atomic E-state index is 11.3. The second kappa shape index (κ2) is 4.45. The molecule has 0 unspecified atom stereocenters. The molecule has 0 radical (unpaired) electrons. The molecule has 0 fully saturated rings. The first-order valence-corrected chi connectivity index (χ1v) is 4.22. The number of pyridine rings is 1. The molecule has 0 amide bonds. The molecule has 1 aromatic rings. The van der Waals surface area contributed by atoms with Gasteiger partial charge in [-0.1, -0.05) is 6.08 Å². The first kappa shape index (κ1) is 11.0. The zero-order valence-corrected chi connectivity index (χ0v) is 8.27. The van der Waals surface area contributed by atoms with E-state index in [0.29, 0.717) is 0 Å². The van der Waals surface area contributed by atoms with Crippen molar-refractivity contribution in [1.82, 2.24) is 4.57 Å². The van der Waals surface area contributed by atoms with E-state index in [1.807, 2.05) is 0 Å². The minimum Gasteiger partial charge on any atom is -0.507 e. The van der Waals surface area contributed by atoms with Crippen molar-refractivity contribution in [3.8, 4) is 5.75 Å². The molecule has 15 heavy (non-hydrogen) atoms. The van der Waals surface area contributed by atoms with E-state index < -0.39 is 11.5 Å². The van der Waals surface area contributed by atoms with Gasteiger partial charge in [-0.2, -0.15) is 0 Å². The van der Waals surface area contributed by atoms with E-state index in [1.165, 1.54) is 23.9 Å². The number of hydrogen-bond acceptors (Lipinski definition) is 4. The topological polar surface area (TPSA) is 68.5 Å². The van der Waals surface area contributed by atoms with Gasteiger partial charge in [-0.05, 0) is 0 Å². The van der Waals surface area contributed by atoms with Gasteiger partial charge in [0, 0.05) is 18.8 Å². The molecule has 5 heteroatoms. The molecule has 1 aromatic heterocycles. The number of methoxy groups -OCH3 is 1. The number of carbonyl (C=O) groups excluding carboxylic acids is 1. The van der Waals surface area contributed by atoms with E-state index in [9.17, 15) is 14.7 Å². The summed E-state index contributed by atoms with van der Waals surface area (Å²) in [6.45, 7) is 3.74. The van der Waals surface area contributed by atoms with Crippen LogP contribution in [0.25, 0.3) is 0 Å². The van der Waals surface area contributed by atoms with Crippen LogP contribution in [0.3, 0.4) is 0 Å². The zero-order valence-electron chi connectivity index (χ0n) is 8.27. The van der Waals surface area contributed by atoms with Crippen molar-refractivity contribution in [2.24, 2.45) is 0 Å². The number of esters is 1. The largest absolute Gasteiger partial charge is 0.507 e. The van der Waals surface area contributed by atoms with Gasteiger partial charge in [0.15, 0.2) is 0 Å². The Kier molecular flexibility index (Phi) is 3.28. The predicted molar refractivity (Wildman–Crippen MR) is 53.9 cm³/mol. The van der Waals surface area contributed by atoms with Crippen LogP contribution in [0, 0.1) is 0 Å². The molecule has 0 aromatic carbocycles. The van der Waals surface area contributed by atoms with Crippen LogP contribution < -0.4 is 5.56 Å². The van der Waals surface area contributed by atoms with Gasteiger partial charge < -0.3 is 14.4 Å². The summed E-state index contributed by atoms with van der Waals surface area (Å²) >= 11 is 0. The highest BCUT2D eigenvalue weighted by molar-refractivity contribution is 5.91. The highest BCUT2D eigenvalue weighted by Gasteiger charge is 2.13. The second-order valence-electron chi connectivity index (χ2n) is 2.84. The highest BCUT2D eigenvalue weighted by atomic mass is 16.5. The van der Waals surface area contributed by atoms with E-state index >= 15 is 0 Å². The molecule has 0 bridgehead atoms. The van der Waals surface area contributed by atoms with Crippen LogP contribution in [0.4, 0.5) is 0 Å². The summed E-state index contributed by atoms with van der Waals surface area (Å²) in [5, 5.41) is 9.35. The Balaban J connectivity index is 3.29. The van der Waals surface area contributed by atoms with E-state index in [0.717, 1.165) is 6.07 Å². The number of carbonyl (C=O) groups is 1. The molecule has 0 aliphatic carbocycles. The van der Waals surface area contributed by atoms with Gasteiger partial charge in [-0.3, -0.25) is 4.79 Å². The lowest BCUT2D eigenvalue weighted by molar-refractivity contribution is 0.0596. The SMILES string of the molecule is C=CCn1cc(C(=O)OC)c(O)cc1=O. The van der Waals surface area contributed by atoms with E-state index in [-0.39, 0.29) is 17.9 Å². The number of allylic oxidation sites excluding steroid dienone is 1. The number of aromatic hydroxyl groups is 1. The number of rotatable bonds is 3. The van der Waals surface area contributed by atoms with Gasteiger partial charge in [0.2, 0.25) is 0 Å². The quantitative estimate of drug-likeness (QED) is 0.582. The molecule has 1 rings (SSSR count). The fraction of sp³-hybridized carbons (Fsp3) is 0.200. The van der Waals surface area contributed by atoms with Crippen LogP contribution in [0.2, 0.25) is 0 Å². The maximum Gasteiger partial charge on any atom is 0.343 e. The Morgan fingerprint density at radius 3 is 2.93 bits per heavy atom. The van der Waals surface area contributed by atoms with Crippen molar-refractivity contribution >= 4 is 5.97 Å². The molecule has 1 N–H and O–H groups in total. The zero-order chi connectivity index (χ0) is 11.4. The molecular weight excluding hydrogens is 198 g/mol. The van der Waals surface area contributed by atoms with Gasteiger partial charge in [0.1, 0.15) is 11.3 Å². The highest BCUT2D eigenvalue weighted by Crippen LogP contribution is 2.14. The number of hydrogen-bond donors (Lipinski definition) is 1. The van der Waals surface area contributed by atoms with Gasteiger partial charge in [-0.25, -0.2) is 4.79 Å². The average Bonchev–Trinajstić information content (AvgIpc) is 2.21. The standard InChI is InChI=1S/C10H11NO4/c1-3-4-11-6-7(10(14)15-2)8(12)5-9(11)13/h3,5-6,12H,1,4H2,2H3. The maximum absolute atomic E-state index is 11.3. The van der Waals surface area contributed by atoms with Crippen LogP contribution >= 0.6 is 0 Å². The van der Waals surface area contributed by atoms with Crippen molar-refractivity contribution in [3.05, 3.63) is 40.8 Å². The normalized spacial score (nSPS) is 9.67. The Hall–Kier alpha value is -2.04. The predicted octanol–water partition coefficient (Wildman–Crippen LogP) is 0.526. The minimum atomic E-state index is -0.690. The van der Waals surface area contributed by atoms with Crippen molar-refractivity contribution in [3.63, 3.8) is 0 Å². The monoisotopic (exact) mass is 209 g/mol. The summed E-state index contributed by atoms with van der Waals surface area (Å²) in [5.74, 6) is -1.07. The molecule has 0 aliphatic heterocycles. The van der Waals surface area contributed by atoms with Crippen LogP contribution in [0.1, 0.15) is 10.4 Å². The third-order valence-electron chi connectivity index (χ3n) is 1.84. The summed E-state index contributed by atoms with van der Waals surface area (Å²) in [6.07, 6.45) is 2.75. The molecule has 80 valence electrons. The number of nitrogens with zero attached hydrogens (tertiary/aromatic N) is 1. The number of ether oxygens (including phenoxy) is 1. The summed E-state index contributed by atoms with van der Waals surface area (Å²) in [7, 11) is 1.20. The third-order valence-corrected chi connectivity index (χ3v) is 1.84. The Morgan fingerprint density at radius 2 is 2.40 bits per heavy atom. The van der Waals surface area contributed by atoms with Crippen molar-refractivity contribution < 1.29 is 14.6 Å². The van der Waals surface area contributed by atoms with E-state index in [1.54, 1.807) is 0 Å². The van der Waals surface area contributed by atoms with Crippen molar-refractivity contribution in [2.45, 2.75) is 6.54 Å². The lowest BCUT2D eigenvalue weighted by Crippen LogP contribution is -2.20. The fourth-order valence-corrected chi connectivity index (χ4v) is 1.11. The Bertz CT molecular complexity index is 447. The molecule has 0 saturated heterocycles. The van der Waals surface area contributed by atoms with E-state index in [2.05, 4.69) is 11.3 Å². The van der Waals surface area contributed by atoms with Gasteiger partial charge >= 0.3 is 5.97 Å². The molecule has 5 nitrogen and oxygen atoms in total.